The largest absolute Gasteiger partial charge is 0.458 e. The summed E-state index contributed by atoms with van der Waals surface area (Å²) in [4.78, 5) is 4.71. The molecule has 0 saturated carbocycles. The Labute approximate surface area is 256 Å². The normalized spacial score (nSPS) is 15.5. The van der Waals surface area contributed by atoms with Crippen molar-refractivity contribution in [3.8, 4) is 23.0 Å². The fourth-order valence-corrected chi connectivity index (χ4v) is 7.99. The molecule has 4 aliphatic rings. The first kappa shape index (κ1) is 24.1. The van der Waals surface area contributed by atoms with Crippen LogP contribution in [0.15, 0.2) is 127 Å². The first-order chi connectivity index (χ1) is 21.6. The first-order valence-electron chi connectivity index (χ1n) is 15.2. The number of anilines is 6. The Morgan fingerprint density at radius 2 is 0.932 bits per heavy atom. The van der Waals surface area contributed by atoms with Gasteiger partial charge in [0.05, 0.1) is 17.1 Å². The number of hydrogen-bond acceptors (Lipinski definition) is 4. The molecule has 0 saturated heterocycles. The number of hydrogen-bond donors (Lipinski definition) is 0. The fraction of sp³-hybridized carbons (Fsp3) is 0.0769. The van der Waals surface area contributed by atoms with Crippen LogP contribution in [0, 0.1) is 0 Å². The summed E-state index contributed by atoms with van der Waals surface area (Å²) >= 11 is 0. The molecule has 4 heterocycles. The standard InChI is InChI=1S/C39H27BN2O2/c1-39(2)26-14-6-8-16-28(26)42(29-17-9-7-15-27(29)39)25-22-34-38-35(23-25)44-33-21-11-19-31-37(33)40(38)36-30(18-10-20-32(36)43-34)41(31)24-12-4-3-5-13-24/h3-23H,1-2H3. The zero-order valence-corrected chi connectivity index (χ0v) is 24.4. The van der Waals surface area contributed by atoms with Crippen molar-refractivity contribution >= 4 is 57.2 Å². The summed E-state index contributed by atoms with van der Waals surface area (Å²) in [6.07, 6.45) is 0. The predicted octanol–water partition coefficient (Wildman–Crippen LogP) is 8.31. The van der Waals surface area contributed by atoms with Crippen molar-refractivity contribution in [3.05, 3.63) is 139 Å². The highest BCUT2D eigenvalue weighted by Gasteiger charge is 2.48. The average molecular weight is 566 g/mol. The molecule has 0 atom stereocenters. The van der Waals surface area contributed by atoms with Gasteiger partial charge in [-0.05, 0) is 70.6 Å². The van der Waals surface area contributed by atoms with Gasteiger partial charge in [0, 0.05) is 40.1 Å². The third-order valence-corrected chi connectivity index (χ3v) is 9.87. The molecule has 0 amide bonds. The lowest BCUT2D eigenvalue weighted by atomic mass is 9.33. The van der Waals surface area contributed by atoms with E-state index >= 15 is 0 Å². The maximum absolute atomic E-state index is 6.85. The van der Waals surface area contributed by atoms with Gasteiger partial charge in [0.25, 0.3) is 6.71 Å². The summed E-state index contributed by atoms with van der Waals surface area (Å²) in [5.41, 5.74) is 12.7. The Hall–Kier alpha value is -5.42. The van der Waals surface area contributed by atoms with Crippen LogP contribution in [0.4, 0.5) is 34.1 Å². The van der Waals surface area contributed by atoms with E-state index < -0.39 is 0 Å². The van der Waals surface area contributed by atoms with Crippen molar-refractivity contribution in [2.45, 2.75) is 19.3 Å². The van der Waals surface area contributed by atoms with Crippen LogP contribution in [0.5, 0.6) is 23.0 Å². The maximum atomic E-state index is 6.85. The average Bonchev–Trinajstić information content (AvgIpc) is 3.05. The summed E-state index contributed by atoms with van der Waals surface area (Å²) in [6.45, 7) is 4.65. The lowest BCUT2D eigenvalue weighted by Crippen LogP contribution is -2.61. The SMILES string of the molecule is CC1(C)c2ccccc2N(c2cc3c4c(c2)Oc2cccc5c2B4c2c(cccc2N5c2ccccc2)O3)c2ccccc21. The fourth-order valence-electron chi connectivity index (χ4n) is 7.99. The Kier molecular flexibility index (Phi) is 4.57. The Bertz CT molecular complexity index is 2060. The van der Waals surface area contributed by atoms with Gasteiger partial charge in [-0.25, -0.2) is 0 Å². The molecule has 6 aromatic carbocycles. The lowest BCUT2D eigenvalue weighted by Gasteiger charge is -2.44. The Morgan fingerprint density at radius 1 is 0.455 bits per heavy atom. The topological polar surface area (TPSA) is 24.9 Å². The van der Waals surface area contributed by atoms with Crippen LogP contribution in [-0.4, -0.2) is 6.71 Å². The van der Waals surface area contributed by atoms with Gasteiger partial charge in [-0.2, -0.15) is 0 Å². The zero-order valence-electron chi connectivity index (χ0n) is 24.4. The van der Waals surface area contributed by atoms with Gasteiger partial charge in [0.2, 0.25) is 0 Å². The molecule has 4 aliphatic heterocycles. The lowest BCUT2D eigenvalue weighted by molar-refractivity contribution is 0.464. The van der Waals surface area contributed by atoms with E-state index in [0.717, 1.165) is 51.2 Å². The number of rotatable bonds is 2. The van der Waals surface area contributed by atoms with E-state index in [-0.39, 0.29) is 12.1 Å². The summed E-state index contributed by atoms with van der Waals surface area (Å²) in [6, 6.07) is 45.3. The second kappa shape index (κ2) is 8.36. The van der Waals surface area contributed by atoms with Crippen molar-refractivity contribution in [2.75, 3.05) is 9.80 Å². The van der Waals surface area contributed by atoms with Gasteiger partial charge < -0.3 is 19.3 Å². The molecule has 44 heavy (non-hydrogen) atoms. The van der Waals surface area contributed by atoms with Gasteiger partial charge in [0.1, 0.15) is 23.0 Å². The molecule has 5 heteroatoms. The zero-order chi connectivity index (χ0) is 29.2. The van der Waals surface area contributed by atoms with Crippen LogP contribution in [0.3, 0.4) is 0 Å². The first-order valence-corrected chi connectivity index (χ1v) is 15.2. The molecule has 208 valence electrons. The molecular weight excluding hydrogens is 539 g/mol. The van der Waals surface area contributed by atoms with Crippen LogP contribution >= 0.6 is 0 Å². The number of para-hydroxylation sites is 3. The van der Waals surface area contributed by atoms with Crippen molar-refractivity contribution < 1.29 is 9.47 Å². The van der Waals surface area contributed by atoms with E-state index in [9.17, 15) is 0 Å². The second-order valence-electron chi connectivity index (χ2n) is 12.5. The smallest absolute Gasteiger partial charge is 0.266 e. The molecule has 6 aromatic rings. The van der Waals surface area contributed by atoms with Gasteiger partial charge in [0.15, 0.2) is 0 Å². The van der Waals surface area contributed by atoms with E-state index in [1.54, 1.807) is 0 Å². The number of nitrogens with zero attached hydrogens (tertiary/aromatic N) is 2. The number of ether oxygens (including phenoxy) is 2. The molecule has 10 rings (SSSR count). The summed E-state index contributed by atoms with van der Waals surface area (Å²) in [5.74, 6) is 3.49. The maximum Gasteiger partial charge on any atom is 0.266 e. The summed E-state index contributed by atoms with van der Waals surface area (Å²) in [5, 5.41) is 0. The van der Waals surface area contributed by atoms with Gasteiger partial charge >= 0.3 is 0 Å². The van der Waals surface area contributed by atoms with E-state index in [1.165, 1.54) is 33.4 Å². The second-order valence-corrected chi connectivity index (χ2v) is 12.5. The van der Waals surface area contributed by atoms with Crippen LogP contribution < -0.4 is 35.7 Å². The quantitative estimate of drug-likeness (QED) is 0.197. The Morgan fingerprint density at radius 3 is 1.50 bits per heavy atom. The predicted molar refractivity (Wildman–Crippen MR) is 179 cm³/mol. The number of fused-ring (bicyclic) bond motifs is 2. The van der Waals surface area contributed by atoms with Crippen LogP contribution in [0.25, 0.3) is 0 Å². The number of benzene rings is 6. The molecule has 0 aliphatic carbocycles. The summed E-state index contributed by atoms with van der Waals surface area (Å²) in [7, 11) is 0. The van der Waals surface area contributed by atoms with Gasteiger partial charge in [-0.15, -0.1) is 0 Å². The molecule has 4 nitrogen and oxygen atoms in total. The Balaban J connectivity index is 1.22. The van der Waals surface area contributed by atoms with Gasteiger partial charge in [-0.3, -0.25) is 0 Å². The van der Waals surface area contributed by atoms with Crippen molar-refractivity contribution in [1.82, 2.24) is 0 Å². The third-order valence-electron chi connectivity index (χ3n) is 9.87. The molecule has 0 bridgehead atoms. The van der Waals surface area contributed by atoms with Crippen molar-refractivity contribution in [3.63, 3.8) is 0 Å². The highest BCUT2D eigenvalue weighted by molar-refractivity contribution is 7.00. The van der Waals surface area contributed by atoms with Crippen LogP contribution in [-0.2, 0) is 5.41 Å². The minimum Gasteiger partial charge on any atom is -0.458 e. The highest BCUT2D eigenvalue weighted by atomic mass is 16.5. The van der Waals surface area contributed by atoms with E-state index in [4.69, 9.17) is 9.47 Å². The molecule has 0 radical (unpaired) electrons. The molecular formula is C39H27BN2O2. The molecule has 0 unspecified atom stereocenters. The van der Waals surface area contributed by atoms with E-state index in [1.807, 2.05) is 0 Å². The van der Waals surface area contributed by atoms with Crippen LogP contribution in [0.2, 0.25) is 0 Å². The summed E-state index contributed by atoms with van der Waals surface area (Å²) < 4.78 is 13.7. The minimum absolute atomic E-state index is 0.0220. The highest BCUT2D eigenvalue weighted by Crippen LogP contribution is 2.53. The van der Waals surface area contributed by atoms with Crippen molar-refractivity contribution in [2.24, 2.45) is 0 Å². The molecule has 0 fully saturated rings. The molecule has 0 spiro atoms. The third kappa shape index (κ3) is 2.98. The van der Waals surface area contributed by atoms with Crippen LogP contribution in [0.1, 0.15) is 25.0 Å². The minimum atomic E-state index is -0.128. The molecule has 0 N–H and O–H groups in total. The monoisotopic (exact) mass is 566 g/mol. The molecule has 0 aromatic heterocycles. The van der Waals surface area contributed by atoms with Gasteiger partial charge in [-0.1, -0.05) is 80.6 Å². The van der Waals surface area contributed by atoms with E-state index in [2.05, 4.69) is 151 Å². The van der Waals surface area contributed by atoms with E-state index in [0.29, 0.717) is 0 Å². The van der Waals surface area contributed by atoms with Crippen molar-refractivity contribution in [1.29, 1.82) is 0 Å².